The van der Waals surface area contributed by atoms with Crippen LogP contribution in [0.2, 0.25) is 0 Å². The van der Waals surface area contributed by atoms with Crippen molar-refractivity contribution >= 4 is 22.1 Å². The van der Waals surface area contributed by atoms with E-state index in [2.05, 4.69) is 17.5 Å². The topological polar surface area (TPSA) is 97.3 Å². The molecule has 0 aromatic heterocycles. The Labute approximate surface area is 183 Å². The number of nitrogens with zero attached hydrogens (tertiary/aromatic N) is 2. The van der Waals surface area contributed by atoms with E-state index in [-0.39, 0.29) is 11.4 Å². The molecule has 0 atom stereocenters. The van der Waals surface area contributed by atoms with Gasteiger partial charge in [-0.2, -0.15) is 9.41 Å². The van der Waals surface area contributed by atoms with Crippen molar-refractivity contribution in [2.75, 3.05) is 27.3 Å². The Morgan fingerprint density at radius 3 is 2.52 bits per heavy atom. The molecule has 2 aromatic carbocycles. The van der Waals surface area contributed by atoms with E-state index in [0.717, 1.165) is 22.7 Å². The van der Waals surface area contributed by atoms with Gasteiger partial charge in [-0.15, -0.1) is 0 Å². The number of nitrogens with one attached hydrogen (secondary N) is 1. The van der Waals surface area contributed by atoms with Crippen molar-refractivity contribution in [3.63, 3.8) is 0 Å². The van der Waals surface area contributed by atoms with Crippen LogP contribution in [0.3, 0.4) is 0 Å². The van der Waals surface area contributed by atoms with Crippen LogP contribution in [0.1, 0.15) is 30.9 Å². The minimum Gasteiger partial charge on any atom is -0.493 e. The quantitative estimate of drug-likeness (QED) is 0.324. The molecule has 0 aliphatic carbocycles. The molecular formula is C22H29N3O5S. The summed E-state index contributed by atoms with van der Waals surface area (Å²) in [6, 6.07) is 11.7. The van der Waals surface area contributed by atoms with Crippen LogP contribution >= 0.6 is 0 Å². The first kappa shape index (κ1) is 24.4. The molecule has 0 bridgehead atoms. The summed E-state index contributed by atoms with van der Waals surface area (Å²) in [4.78, 5) is 12.3. The first-order valence-electron chi connectivity index (χ1n) is 9.93. The maximum Gasteiger partial charge on any atom is 0.255 e. The molecule has 2 rings (SSSR count). The number of unbranched alkanes of at least 4 members (excludes halogenated alkanes) is 1. The van der Waals surface area contributed by atoms with E-state index < -0.39 is 15.9 Å². The maximum absolute atomic E-state index is 12.6. The number of amides is 1. The summed E-state index contributed by atoms with van der Waals surface area (Å²) < 4.78 is 37.1. The zero-order valence-electron chi connectivity index (χ0n) is 18.3. The van der Waals surface area contributed by atoms with Crippen LogP contribution < -0.4 is 14.9 Å². The van der Waals surface area contributed by atoms with Gasteiger partial charge in [-0.3, -0.25) is 4.79 Å². The van der Waals surface area contributed by atoms with E-state index in [0.29, 0.717) is 23.7 Å². The van der Waals surface area contributed by atoms with Crippen LogP contribution in [-0.2, 0) is 14.8 Å². The first-order chi connectivity index (χ1) is 14.8. The van der Waals surface area contributed by atoms with Gasteiger partial charge in [0, 0.05) is 7.05 Å². The SMILES string of the molecule is CCCCOc1ccc(/C=N/NC(=O)CN(C)S(=O)(=O)c2ccc(C)cc2)cc1OC. The number of rotatable bonds is 11. The molecule has 0 unspecified atom stereocenters. The molecule has 0 aliphatic heterocycles. The third-order valence-electron chi connectivity index (χ3n) is 4.44. The largest absolute Gasteiger partial charge is 0.493 e. The maximum atomic E-state index is 12.6. The summed E-state index contributed by atoms with van der Waals surface area (Å²) in [6.07, 6.45) is 3.44. The molecule has 0 heterocycles. The van der Waals surface area contributed by atoms with Crippen molar-refractivity contribution in [1.29, 1.82) is 0 Å². The van der Waals surface area contributed by atoms with Gasteiger partial charge in [-0.1, -0.05) is 31.0 Å². The molecule has 2 aromatic rings. The minimum atomic E-state index is -3.76. The highest BCUT2D eigenvalue weighted by molar-refractivity contribution is 7.89. The van der Waals surface area contributed by atoms with E-state index in [9.17, 15) is 13.2 Å². The lowest BCUT2D eigenvalue weighted by molar-refractivity contribution is -0.121. The van der Waals surface area contributed by atoms with Gasteiger partial charge in [0.2, 0.25) is 10.0 Å². The molecule has 31 heavy (non-hydrogen) atoms. The number of likely N-dealkylation sites (N-methyl/N-ethyl adjacent to an activating group) is 1. The number of aryl methyl sites for hydroxylation is 1. The Hall–Kier alpha value is -2.91. The third-order valence-corrected chi connectivity index (χ3v) is 6.26. The van der Waals surface area contributed by atoms with Gasteiger partial charge < -0.3 is 9.47 Å². The normalized spacial score (nSPS) is 11.6. The fourth-order valence-corrected chi connectivity index (χ4v) is 3.73. The molecular weight excluding hydrogens is 418 g/mol. The molecule has 0 aliphatic rings. The highest BCUT2D eigenvalue weighted by atomic mass is 32.2. The van der Waals surface area contributed by atoms with E-state index in [1.807, 2.05) is 6.92 Å². The van der Waals surface area contributed by atoms with Gasteiger partial charge in [0.1, 0.15) is 0 Å². The van der Waals surface area contributed by atoms with Crippen LogP contribution in [0.15, 0.2) is 52.5 Å². The van der Waals surface area contributed by atoms with Gasteiger partial charge in [-0.25, -0.2) is 13.8 Å². The summed E-state index contributed by atoms with van der Waals surface area (Å²) in [5.74, 6) is 0.649. The van der Waals surface area contributed by atoms with Crippen molar-refractivity contribution in [1.82, 2.24) is 9.73 Å². The van der Waals surface area contributed by atoms with Crippen LogP contribution in [0.4, 0.5) is 0 Å². The molecule has 1 N–H and O–H groups in total. The number of carbonyl (C=O) groups is 1. The zero-order valence-corrected chi connectivity index (χ0v) is 19.1. The van der Waals surface area contributed by atoms with Crippen molar-refractivity contribution < 1.29 is 22.7 Å². The van der Waals surface area contributed by atoms with Crippen molar-refractivity contribution in [2.45, 2.75) is 31.6 Å². The fraction of sp³-hybridized carbons (Fsp3) is 0.364. The number of hydrogen-bond donors (Lipinski definition) is 1. The van der Waals surface area contributed by atoms with Gasteiger partial charge in [0.05, 0.1) is 31.4 Å². The Morgan fingerprint density at radius 1 is 1.16 bits per heavy atom. The van der Waals surface area contributed by atoms with Crippen LogP contribution in [-0.4, -0.2) is 52.2 Å². The summed E-state index contributed by atoms with van der Waals surface area (Å²) >= 11 is 0. The number of sulfonamides is 1. The lowest BCUT2D eigenvalue weighted by Crippen LogP contribution is -2.36. The van der Waals surface area contributed by atoms with Gasteiger partial charge >= 0.3 is 0 Å². The average molecular weight is 448 g/mol. The molecule has 1 amide bonds. The molecule has 0 saturated carbocycles. The summed E-state index contributed by atoms with van der Waals surface area (Å²) in [7, 11) is -0.863. The highest BCUT2D eigenvalue weighted by Crippen LogP contribution is 2.27. The second kappa shape index (κ2) is 11.5. The Balaban J connectivity index is 1.95. The average Bonchev–Trinajstić information content (AvgIpc) is 2.74. The smallest absolute Gasteiger partial charge is 0.255 e. The monoisotopic (exact) mass is 447 g/mol. The number of methoxy groups -OCH3 is 1. The predicted octanol–water partition coefficient (Wildman–Crippen LogP) is 2.95. The first-order valence-corrected chi connectivity index (χ1v) is 11.4. The van der Waals surface area contributed by atoms with Crippen molar-refractivity contribution in [3.8, 4) is 11.5 Å². The predicted molar refractivity (Wildman–Crippen MR) is 120 cm³/mol. The van der Waals surface area contributed by atoms with E-state index in [4.69, 9.17) is 9.47 Å². The van der Waals surface area contributed by atoms with Gasteiger partial charge in [0.25, 0.3) is 5.91 Å². The van der Waals surface area contributed by atoms with E-state index in [1.54, 1.807) is 37.4 Å². The number of carbonyl (C=O) groups excluding carboxylic acids is 1. The van der Waals surface area contributed by atoms with Gasteiger partial charge in [0.15, 0.2) is 11.5 Å². The van der Waals surface area contributed by atoms with Gasteiger partial charge in [-0.05, 0) is 49.2 Å². The highest BCUT2D eigenvalue weighted by Gasteiger charge is 2.22. The number of hydrogen-bond acceptors (Lipinski definition) is 6. The minimum absolute atomic E-state index is 0.130. The Bertz CT molecular complexity index is 1000. The molecule has 9 heteroatoms. The van der Waals surface area contributed by atoms with Crippen molar-refractivity contribution in [3.05, 3.63) is 53.6 Å². The zero-order chi connectivity index (χ0) is 22.9. The lowest BCUT2D eigenvalue weighted by atomic mass is 10.2. The van der Waals surface area contributed by atoms with E-state index >= 15 is 0 Å². The Kier molecular flexibility index (Phi) is 9.02. The van der Waals surface area contributed by atoms with E-state index in [1.165, 1.54) is 25.4 Å². The summed E-state index contributed by atoms with van der Waals surface area (Å²) in [5.41, 5.74) is 3.99. The number of benzene rings is 2. The van der Waals surface area contributed by atoms with Crippen LogP contribution in [0, 0.1) is 6.92 Å². The molecule has 0 saturated heterocycles. The fourth-order valence-electron chi connectivity index (χ4n) is 2.60. The van der Waals surface area contributed by atoms with Crippen LogP contribution in [0.25, 0.3) is 0 Å². The summed E-state index contributed by atoms with van der Waals surface area (Å²) in [6.45, 7) is 4.20. The molecule has 8 nitrogen and oxygen atoms in total. The molecule has 168 valence electrons. The van der Waals surface area contributed by atoms with Crippen LogP contribution in [0.5, 0.6) is 11.5 Å². The second-order valence-electron chi connectivity index (χ2n) is 6.98. The standard InChI is InChI=1S/C22H29N3O5S/c1-5-6-13-30-20-12-9-18(14-21(20)29-4)15-23-24-22(26)16-25(3)31(27,28)19-10-7-17(2)8-11-19/h7-12,14-15H,5-6,13,16H2,1-4H3,(H,24,26)/b23-15+. The lowest BCUT2D eigenvalue weighted by Gasteiger charge is -2.16. The third kappa shape index (κ3) is 7.08. The molecule has 0 radical (unpaired) electrons. The van der Waals surface area contributed by atoms with Crippen molar-refractivity contribution in [2.24, 2.45) is 5.10 Å². The number of ether oxygens (including phenoxy) is 2. The molecule has 0 spiro atoms. The molecule has 0 fully saturated rings. The second-order valence-corrected chi connectivity index (χ2v) is 9.02. The summed E-state index contributed by atoms with van der Waals surface area (Å²) in [5, 5.41) is 3.90. The Morgan fingerprint density at radius 2 is 1.87 bits per heavy atom. The number of hydrazone groups is 1.